The molecule has 1 fully saturated rings. The van der Waals surface area contributed by atoms with E-state index >= 15 is 0 Å². The van der Waals surface area contributed by atoms with Gasteiger partial charge in [-0.3, -0.25) is 0 Å². The van der Waals surface area contributed by atoms with Gasteiger partial charge >= 0.3 is 0 Å². The van der Waals surface area contributed by atoms with Gasteiger partial charge in [0, 0.05) is 12.2 Å². The number of imidazole rings is 1. The van der Waals surface area contributed by atoms with Gasteiger partial charge in [-0.1, -0.05) is 6.42 Å². The van der Waals surface area contributed by atoms with Crippen LogP contribution < -0.4 is 0 Å². The van der Waals surface area contributed by atoms with Crippen LogP contribution >= 0.6 is 12.6 Å². The van der Waals surface area contributed by atoms with Crippen LogP contribution in [0.3, 0.4) is 0 Å². The molecule has 1 aromatic rings. The fourth-order valence-corrected chi connectivity index (χ4v) is 3.74. The molecule has 17 heavy (non-hydrogen) atoms. The van der Waals surface area contributed by atoms with Crippen molar-refractivity contribution < 1.29 is 0 Å². The average Bonchev–Trinajstić information content (AvgIpc) is 2.60. The van der Waals surface area contributed by atoms with E-state index in [9.17, 15) is 0 Å². The zero-order chi connectivity index (χ0) is 11.9. The summed E-state index contributed by atoms with van der Waals surface area (Å²) in [5, 5.41) is 0. The Morgan fingerprint density at radius 3 is 2.65 bits per heavy atom. The lowest BCUT2D eigenvalue weighted by atomic mass is 9.70. The van der Waals surface area contributed by atoms with Crippen molar-refractivity contribution >= 4 is 12.6 Å². The third-order valence-electron chi connectivity index (χ3n) is 4.67. The molecule has 1 saturated carbocycles. The Morgan fingerprint density at radius 2 is 2.00 bits per heavy atom. The van der Waals surface area contributed by atoms with Crippen LogP contribution in [-0.2, 0) is 19.4 Å². The molecular formula is C14H22N2S. The van der Waals surface area contributed by atoms with Gasteiger partial charge in [-0.2, -0.15) is 12.6 Å². The molecule has 0 radical (unpaired) electrons. The second kappa shape index (κ2) is 4.34. The fraction of sp³-hybridized carbons (Fsp3) is 0.786. The highest BCUT2D eigenvalue weighted by Gasteiger charge is 2.37. The maximum atomic E-state index is 4.77. The highest BCUT2D eigenvalue weighted by atomic mass is 32.1. The highest BCUT2D eigenvalue weighted by molar-refractivity contribution is 7.80. The quantitative estimate of drug-likeness (QED) is 0.816. The predicted octanol–water partition coefficient (Wildman–Crippen LogP) is 3.17. The van der Waals surface area contributed by atoms with Crippen LogP contribution in [0.15, 0.2) is 0 Å². The van der Waals surface area contributed by atoms with Crippen molar-refractivity contribution in [3.63, 3.8) is 0 Å². The molecule has 0 aliphatic heterocycles. The van der Waals surface area contributed by atoms with E-state index in [-0.39, 0.29) is 0 Å². The lowest BCUT2D eigenvalue weighted by Gasteiger charge is -2.41. The van der Waals surface area contributed by atoms with E-state index in [1.165, 1.54) is 62.2 Å². The van der Waals surface area contributed by atoms with Crippen molar-refractivity contribution in [2.75, 3.05) is 5.75 Å². The van der Waals surface area contributed by atoms with E-state index in [1.54, 1.807) is 0 Å². The van der Waals surface area contributed by atoms with E-state index in [4.69, 9.17) is 4.98 Å². The number of aryl methyl sites for hydroxylation is 2. The number of hydrogen-bond donors (Lipinski definition) is 1. The Balaban J connectivity index is 1.89. The third-order valence-corrected chi connectivity index (χ3v) is 5.34. The molecule has 0 N–H and O–H groups in total. The largest absolute Gasteiger partial charge is 0.331 e. The predicted molar refractivity (Wildman–Crippen MR) is 73.7 cm³/mol. The SMILES string of the molecule is Cc1nc2c(n1CC1(CS)CCC1)CCCC2. The molecule has 3 heteroatoms. The zero-order valence-electron chi connectivity index (χ0n) is 10.7. The summed E-state index contributed by atoms with van der Waals surface area (Å²) < 4.78 is 2.50. The molecule has 0 amide bonds. The van der Waals surface area contributed by atoms with Crippen LogP contribution in [0.2, 0.25) is 0 Å². The van der Waals surface area contributed by atoms with Crippen molar-refractivity contribution in [3.05, 3.63) is 17.2 Å². The van der Waals surface area contributed by atoms with Crippen molar-refractivity contribution in [2.45, 2.75) is 58.4 Å². The summed E-state index contributed by atoms with van der Waals surface area (Å²) in [4.78, 5) is 4.77. The molecule has 94 valence electrons. The summed E-state index contributed by atoms with van der Waals surface area (Å²) in [6.07, 6.45) is 9.17. The van der Waals surface area contributed by atoms with E-state index in [2.05, 4.69) is 24.1 Å². The van der Waals surface area contributed by atoms with Gasteiger partial charge in [-0.25, -0.2) is 4.98 Å². The first-order valence-corrected chi connectivity index (χ1v) is 7.53. The molecule has 0 aromatic carbocycles. The minimum atomic E-state index is 0.472. The van der Waals surface area contributed by atoms with Crippen LogP contribution in [0.5, 0.6) is 0 Å². The number of nitrogens with zero attached hydrogens (tertiary/aromatic N) is 2. The molecule has 1 aromatic heterocycles. The van der Waals surface area contributed by atoms with Crippen LogP contribution in [0.1, 0.15) is 49.3 Å². The van der Waals surface area contributed by atoms with Crippen molar-refractivity contribution in [2.24, 2.45) is 5.41 Å². The molecule has 0 bridgehead atoms. The summed E-state index contributed by atoms with van der Waals surface area (Å²) in [6.45, 7) is 3.33. The van der Waals surface area contributed by atoms with Gasteiger partial charge in [-0.15, -0.1) is 0 Å². The van der Waals surface area contributed by atoms with E-state index < -0.39 is 0 Å². The molecule has 2 nitrogen and oxygen atoms in total. The van der Waals surface area contributed by atoms with E-state index in [0.29, 0.717) is 5.41 Å². The van der Waals surface area contributed by atoms with Crippen LogP contribution in [0, 0.1) is 12.3 Å². The van der Waals surface area contributed by atoms with Gasteiger partial charge in [0.05, 0.1) is 5.69 Å². The molecular weight excluding hydrogens is 228 g/mol. The van der Waals surface area contributed by atoms with Gasteiger partial charge in [0.15, 0.2) is 0 Å². The zero-order valence-corrected chi connectivity index (χ0v) is 11.6. The maximum Gasteiger partial charge on any atom is 0.106 e. The lowest BCUT2D eigenvalue weighted by molar-refractivity contribution is 0.136. The second-order valence-corrected chi connectivity index (χ2v) is 6.17. The van der Waals surface area contributed by atoms with E-state index in [1.807, 2.05) is 0 Å². The Morgan fingerprint density at radius 1 is 1.24 bits per heavy atom. The monoisotopic (exact) mass is 250 g/mol. The standard InChI is InChI=1S/C14H22N2S/c1-11-15-12-5-2-3-6-13(12)16(11)9-14(10-17)7-4-8-14/h17H,2-10H2,1H3. The van der Waals surface area contributed by atoms with Gasteiger partial charge in [0.2, 0.25) is 0 Å². The van der Waals surface area contributed by atoms with Gasteiger partial charge in [-0.05, 0) is 56.6 Å². The van der Waals surface area contributed by atoms with Crippen molar-refractivity contribution in [1.82, 2.24) is 9.55 Å². The van der Waals surface area contributed by atoms with Crippen molar-refractivity contribution in [3.8, 4) is 0 Å². The molecule has 1 heterocycles. The number of fused-ring (bicyclic) bond motifs is 1. The van der Waals surface area contributed by atoms with Crippen LogP contribution in [-0.4, -0.2) is 15.3 Å². The molecule has 2 aliphatic rings. The molecule has 2 aliphatic carbocycles. The summed E-state index contributed by atoms with van der Waals surface area (Å²) >= 11 is 4.57. The molecule has 0 unspecified atom stereocenters. The average molecular weight is 250 g/mol. The van der Waals surface area contributed by atoms with Gasteiger partial charge in [0.1, 0.15) is 5.82 Å². The first kappa shape index (κ1) is 11.6. The fourth-order valence-electron chi connectivity index (χ4n) is 3.32. The number of thiol groups is 1. The summed E-state index contributed by atoms with van der Waals surface area (Å²) in [5.41, 5.74) is 3.38. The Hall–Kier alpha value is -0.440. The number of aromatic nitrogens is 2. The van der Waals surface area contributed by atoms with Crippen LogP contribution in [0.25, 0.3) is 0 Å². The van der Waals surface area contributed by atoms with Gasteiger partial charge < -0.3 is 4.57 Å². The number of rotatable bonds is 3. The third kappa shape index (κ3) is 1.92. The molecule has 0 spiro atoms. The Kier molecular flexibility index (Phi) is 2.97. The Labute approximate surface area is 109 Å². The first-order chi connectivity index (χ1) is 8.24. The second-order valence-electron chi connectivity index (χ2n) is 5.86. The summed E-state index contributed by atoms with van der Waals surface area (Å²) in [6, 6.07) is 0. The van der Waals surface area contributed by atoms with Crippen molar-refractivity contribution in [1.29, 1.82) is 0 Å². The van der Waals surface area contributed by atoms with Gasteiger partial charge in [0.25, 0.3) is 0 Å². The molecule has 0 saturated heterocycles. The summed E-state index contributed by atoms with van der Waals surface area (Å²) in [7, 11) is 0. The topological polar surface area (TPSA) is 17.8 Å². The smallest absolute Gasteiger partial charge is 0.106 e. The summed E-state index contributed by atoms with van der Waals surface area (Å²) in [5.74, 6) is 2.25. The maximum absolute atomic E-state index is 4.77. The minimum Gasteiger partial charge on any atom is -0.331 e. The van der Waals surface area contributed by atoms with E-state index in [0.717, 1.165) is 12.3 Å². The molecule has 0 atom stereocenters. The minimum absolute atomic E-state index is 0.472. The lowest BCUT2D eigenvalue weighted by Crippen LogP contribution is -2.36. The number of hydrogen-bond acceptors (Lipinski definition) is 2. The first-order valence-electron chi connectivity index (χ1n) is 6.90. The van der Waals surface area contributed by atoms with Crippen LogP contribution in [0.4, 0.5) is 0 Å². The normalized spacial score (nSPS) is 22.0. The molecule has 3 rings (SSSR count). The Bertz CT molecular complexity index is 413. The highest BCUT2D eigenvalue weighted by Crippen LogP contribution is 2.44.